The summed E-state index contributed by atoms with van der Waals surface area (Å²) < 4.78 is 33.8. The van der Waals surface area contributed by atoms with Gasteiger partial charge >= 0.3 is 0 Å². The molecule has 2 aromatic carbocycles. The first-order valence-electron chi connectivity index (χ1n) is 13.5. The van der Waals surface area contributed by atoms with Crippen molar-refractivity contribution in [1.82, 2.24) is 0 Å². The molecule has 2 N–H and O–H groups in total. The fourth-order valence-corrected chi connectivity index (χ4v) is 7.68. The number of sulfone groups is 1. The summed E-state index contributed by atoms with van der Waals surface area (Å²) in [4.78, 5) is 2.27. The lowest BCUT2D eigenvalue weighted by atomic mass is 9.68. The molecule has 0 amide bonds. The van der Waals surface area contributed by atoms with Crippen LogP contribution in [0.4, 0.5) is 5.69 Å². The minimum atomic E-state index is -3.63. The number of unbranched alkanes of at least 4 members (excludes halogenated alkanes) is 2. The monoisotopic (exact) mass is 531 g/mol. The van der Waals surface area contributed by atoms with Crippen LogP contribution in [-0.4, -0.2) is 56.8 Å². The van der Waals surface area contributed by atoms with E-state index in [1.165, 1.54) is 0 Å². The smallest absolute Gasteiger partial charge is 0.179 e. The molecule has 0 radical (unpaired) electrons. The zero-order valence-corrected chi connectivity index (χ0v) is 24.1. The molecule has 0 fully saturated rings. The van der Waals surface area contributed by atoms with Crippen LogP contribution in [0, 0.1) is 5.41 Å². The molecule has 1 aliphatic rings. The minimum absolute atomic E-state index is 0.0438. The van der Waals surface area contributed by atoms with Crippen molar-refractivity contribution in [3.8, 4) is 5.75 Å². The van der Waals surface area contributed by atoms with Crippen molar-refractivity contribution in [3.05, 3.63) is 53.6 Å². The number of benzene rings is 2. The Bertz CT molecular complexity index is 1130. The Morgan fingerprint density at radius 2 is 1.62 bits per heavy atom. The molecule has 0 saturated heterocycles. The van der Waals surface area contributed by atoms with Crippen molar-refractivity contribution in [2.24, 2.45) is 5.41 Å². The van der Waals surface area contributed by atoms with E-state index in [0.29, 0.717) is 29.1 Å². The number of ether oxygens (including phenoxy) is 1. The average molecular weight is 532 g/mol. The zero-order chi connectivity index (χ0) is 27.4. The van der Waals surface area contributed by atoms with E-state index in [4.69, 9.17) is 4.74 Å². The van der Waals surface area contributed by atoms with Crippen LogP contribution in [0.15, 0.2) is 47.4 Å². The summed E-state index contributed by atoms with van der Waals surface area (Å²) in [5.41, 5.74) is 0.942. The van der Waals surface area contributed by atoms with Crippen molar-refractivity contribution >= 4 is 15.5 Å². The summed E-state index contributed by atoms with van der Waals surface area (Å²) in [6, 6.07) is 13.0. The summed E-state index contributed by atoms with van der Waals surface area (Å²) in [5, 5.41) is 21.8. The second-order valence-corrected chi connectivity index (χ2v) is 13.4. The van der Waals surface area contributed by atoms with Crippen molar-refractivity contribution in [2.75, 3.05) is 31.4 Å². The highest BCUT2D eigenvalue weighted by Gasteiger charge is 2.49. The average Bonchev–Trinajstić information content (AvgIpc) is 2.92. The van der Waals surface area contributed by atoms with Gasteiger partial charge in [0, 0.05) is 31.1 Å². The molecule has 0 spiro atoms. The van der Waals surface area contributed by atoms with Gasteiger partial charge in [0.2, 0.25) is 0 Å². The van der Waals surface area contributed by atoms with Crippen LogP contribution >= 0.6 is 0 Å². The fourth-order valence-electron chi connectivity index (χ4n) is 5.48. The SMILES string of the molecule is CCCCC1(CCCC)CS(=O)(=O)c2ccc(N(C)C)cc2[C@@H](c2ccc(OC(C)(C)CO)cc2)[C@H]1O. The van der Waals surface area contributed by atoms with E-state index < -0.39 is 32.9 Å². The maximum absolute atomic E-state index is 13.9. The molecule has 2 aromatic rings. The zero-order valence-electron chi connectivity index (χ0n) is 23.3. The van der Waals surface area contributed by atoms with Gasteiger partial charge < -0.3 is 19.8 Å². The number of hydrogen-bond donors (Lipinski definition) is 2. The fraction of sp³-hybridized carbons (Fsp3) is 0.600. The summed E-state index contributed by atoms with van der Waals surface area (Å²) in [7, 11) is 0.232. The van der Waals surface area contributed by atoms with Crippen LogP contribution in [-0.2, 0) is 9.84 Å². The van der Waals surface area contributed by atoms with Gasteiger partial charge in [-0.2, -0.15) is 0 Å². The molecule has 6 nitrogen and oxygen atoms in total. The lowest BCUT2D eigenvalue weighted by molar-refractivity contribution is 0.0126. The standard InChI is InChI=1S/C30H45NO5S/c1-7-9-17-30(18-10-8-2)21-37(34,35)26-16-13-23(31(5)6)19-25(26)27(28(30)33)22-11-14-24(15-12-22)36-29(3,4)20-32/h11-16,19,27-28,32-33H,7-10,17-18,20-21H2,1-6H3/t27-,28-/m1/s1. The van der Waals surface area contributed by atoms with Gasteiger partial charge in [-0.3, -0.25) is 0 Å². The Morgan fingerprint density at radius 1 is 1.03 bits per heavy atom. The lowest BCUT2D eigenvalue weighted by Gasteiger charge is -2.40. The molecule has 7 heteroatoms. The maximum atomic E-state index is 13.9. The number of aliphatic hydroxyl groups is 2. The number of hydrogen-bond acceptors (Lipinski definition) is 6. The second-order valence-electron chi connectivity index (χ2n) is 11.5. The van der Waals surface area contributed by atoms with E-state index in [2.05, 4.69) is 13.8 Å². The van der Waals surface area contributed by atoms with Gasteiger partial charge in [0.1, 0.15) is 11.4 Å². The normalized spacial score (nSPS) is 20.6. The second kappa shape index (κ2) is 11.7. The third-order valence-electron chi connectivity index (χ3n) is 7.67. The predicted molar refractivity (Wildman–Crippen MR) is 150 cm³/mol. The number of fused-ring (bicyclic) bond motifs is 1. The molecular weight excluding hydrogens is 486 g/mol. The van der Waals surface area contributed by atoms with E-state index in [-0.39, 0.29) is 12.4 Å². The van der Waals surface area contributed by atoms with Crippen LogP contribution in [0.3, 0.4) is 0 Å². The van der Waals surface area contributed by atoms with Gasteiger partial charge in [-0.15, -0.1) is 0 Å². The van der Waals surface area contributed by atoms with Gasteiger partial charge in [-0.05, 0) is 68.1 Å². The molecule has 37 heavy (non-hydrogen) atoms. The largest absolute Gasteiger partial charge is 0.485 e. The molecule has 3 rings (SSSR count). The topological polar surface area (TPSA) is 87.1 Å². The Balaban J connectivity index is 2.23. The summed E-state index contributed by atoms with van der Waals surface area (Å²) in [6.45, 7) is 7.72. The van der Waals surface area contributed by atoms with Gasteiger partial charge in [-0.25, -0.2) is 8.42 Å². The van der Waals surface area contributed by atoms with Gasteiger partial charge in [0.05, 0.1) is 23.4 Å². The van der Waals surface area contributed by atoms with Crippen LogP contribution in [0.1, 0.15) is 83.3 Å². The van der Waals surface area contributed by atoms with E-state index in [1.807, 2.05) is 69.2 Å². The van der Waals surface area contributed by atoms with Gasteiger partial charge in [0.15, 0.2) is 9.84 Å². The third-order valence-corrected chi connectivity index (χ3v) is 9.67. The first-order chi connectivity index (χ1) is 17.4. The Kier molecular flexibility index (Phi) is 9.36. The van der Waals surface area contributed by atoms with Crippen molar-refractivity contribution < 1.29 is 23.4 Å². The minimum Gasteiger partial charge on any atom is -0.485 e. The molecule has 1 aliphatic heterocycles. The van der Waals surface area contributed by atoms with Crippen LogP contribution < -0.4 is 9.64 Å². The molecule has 0 saturated carbocycles. The third kappa shape index (κ3) is 6.50. The maximum Gasteiger partial charge on any atom is 0.179 e. The van der Waals surface area contributed by atoms with Gasteiger partial charge in [0.25, 0.3) is 0 Å². The number of rotatable bonds is 11. The molecule has 0 unspecified atom stereocenters. The van der Waals surface area contributed by atoms with Crippen molar-refractivity contribution in [2.45, 2.75) is 88.7 Å². The Hall–Kier alpha value is -2.09. The molecule has 206 valence electrons. The van der Waals surface area contributed by atoms with Gasteiger partial charge in [-0.1, -0.05) is 51.7 Å². The molecular formula is C30H45NO5S. The summed E-state index contributed by atoms with van der Waals surface area (Å²) in [6.07, 6.45) is 4.09. The van der Waals surface area contributed by atoms with E-state index >= 15 is 0 Å². The van der Waals surface area contributed by atoms with Crippen LogP contribution in [0.25, 0.3) is 0 Å². The lowest BCUT2D eigenvalue weighted by Crippen LogP contribution is -2.43. The number of nitrogens with zero attached hydrogens (tertiary/aromatic N) is 1. The first kappa shape index (κ1) is 29.5. The van der Waals surface area contributed by atoms with E-state index in [0.717, 1.165) is 36.9 Å². The number of anilines is 1. The molecule has 2 atom stereocenters. The van der Waals surface area contributed by atoms with Crippen LogP contribution in [0.2, 0.25) is 0 Å². The molecule has 0 aromatic heterocycles. The highest BCUT2D eigenvalue weighted by atomic mass is 32.2. The van der Waals surface area contributed by atoms with Crippen LogP contribution in [0.5, 0.6) is 5.75 Å². The van der Waals surface area contributed by atoms with E-state index in [9.17, 15) is 18.6 Å². The summed E-state index contributed by atoms with van der Waals surface area (Å²) in [5.74, 6) is 0.0718. The molecule has 1 heterocycles. The molecule has 0 aliphatic carbocycles. The highest BCUT2D eigenvalue weighted by Crippen LogP contribution is 2.50. The van der Waals surface area contributed by atoms with Crippen molar-refractivity contribution in [3.63, 3.8) is 0 Å². The van der Waals surface area contributed by atoms with E-state index in [1.54, 1.807) is 6.07 Å². The quantitative estimate of drug-likeness (QED) is 0.395. The highest BCUT2D eigenvalue weighted by molar-refractivity contribution is 7.91. The van der Waals surface area contributed by atoms with Crippen molar-refractivity contribution in [1.29, 1.82) is 0 Å². The Labute approximate surface area is 223 Å². The predicted octanol–water partition coefficient (Wildman–Crippen LogP) is 5.55. The summed E-state index contributed by atoms with van der Waals surface area (Å²) >= 11 is 0. The number of aliphatic hydroxyl groups excluding tert-OH is 2. The Morgan fingerprint density at radius 3 is 2.14 bits per heavy atom. The first-order valence-corrected chi connectivity index (χ1v) is 15.2. The molecule has 0 bridgehead atoms.